The molecule has 2 nitrogen and oxygen atoms in total. The maximum Gasteiger partial charge on any atom is 2.00 e. The molecular weight excluding hydrogens is 292 g/mol. The summed E-state index contributed by atoms with van der Waals surface area (Å²) in [5.41, 5.74) is 0.949. The van der Waals surface area contributed by atoms with Crippen molar-refractivity contribution in [1.82, 2.24) is 0 Å². The van der Waals surface area contributed by atoms with E-state index in [2.05, 4.69) is 0 Å². The summed E-state index contributed by atoms with van der Waals surface area (Å²) in [4.78, 5) is 11.8. The fourth-order valence-corrected chi connectivity index (χ4v) is 1.67. The van der Waals surface area contributed by atoms with Crippen molar-refractivity contribution >= 4 is 5.78 Å². The van der Waals surface area contributed by atoms with E-state index in [1.54, 1.807) is 42.5 Å². The van der Waals surface area contributed by atoms with Crippen molar-refractivity contribution in [2.24, 2.45) is 0 Å². The molecule has 0 aliphatic carbocycles. The van der Waals surface area contributed by atoms with Crippen LogP contribution in [-0.2, 0) is 17.1 Å². The number of phenolic OH excluding ortho intramolecular Hbond substituents is 1. The summed E-state index contributed by atoms with van der Waals surface area (Å²) in [6, 6.07) is 23.6. The Labute approximate surface area is 128 Å². The molecule has 1 N–H and O–H groups in total. The average molecular weight is 306 g/mol. The number of benzene rings is 1. The molecule has 102 valence electrons. The number of phenols is 1. The molecule has 0 aromatic heterocycles. The van der Waals surface area contributed by atoms with Crippen LogP contribution in [0.4, 0.5) is 0 Å². The van der Waals surface area contributed by atoms with Gasteiger partial charge in [-0.25, -0.2) is 18.2 Å². The van der Waals surface area contributed by atoms with E-state index >= 15 is 0 Å². The molecule has 0 atom stereocenters. The Morgan fingerprint density at radius 2 is 1.60 bits per heavy atom. The largest absolute Gasteiger partial charge is 2.00 e. The zero-order valence-electron chi connectivity index (χ0n) is 10.7. The first-order valence-corrected chi connectivity index (χ1v) is 6.00. The molecule has 0 spiro atoms. The summed E-state index contributed by atoms with van der Waals surface area (Å²) < 4.78 is 0. The quantitative estimate of drug-likeness (QED) is 0.445. The average Bonchev–Trinajstić information content (AvgIpc) is 3.14. The van der Waals surface area contributed by atoms with Crippen LogP contribution in [-0.4, -0.2) is 10.9 Å². The van der Waals surface area contributed by atoms with Crippen LogP contribution in [0, 0.1) is 0 Å². The number of carbonyl (C=O) groups excluding carboxylic acids is 1. The molecule has 0 amide bonds. The predicted molar refractivity (Wildman–Crippen MR) is 75.6 cm³/mol. The van der Waals surface area contributed by atoms with Gasteiger partial charge in [-0.1, -0.05) is 12.1 Å². The van der Waals surface area contributed by atoms with Crippen LogP contribution in [0.3, 0.4) is 0 Å². The first-order valence-electron chi connectivity index (χ1n) is 6.00. The maximum atomic E-state index is 11.8. The van der Waals surface area contributed by atoms with E-state index in [4.69, 9.17) is 0 Å². The topological polar surface area (TPSA) is 37.3 Å². The van der Waals surface area contributed by atoms with Crippen LogP contribution in [0.1, 0.15) is 15.9 Å². The Bertz CT molecular complexity index is 593. The number of carbonyl (C=O) groups is 1. The summed E-state index contributed by atoms with van der Waals surface area (Å²) in [6.07, 6.45) is 0. The first-order chi connectivity index (χ1) is 9.29. The molecule has 3 heteroatoms. The minimum atomic E-state index is -0.145. The van der Waals surface area contributed by atoms with Gasteiger partial charge in [0.05, 0.1) is 5.56 Å². The molecule has 0 fully saturated rings. The first kappa shape index (κ1) is 16.0. The molecule has 0 radical (unpaired) electrons. The summed E-state index contributed by atoms with van der Waals surface area (Å²) in [5, 5.41) is 9.46. The number of aromatic hydroxyl groups is 1. The standard InChI is InChI=1S/C12H9O2.C5H5.Fe/c13-11-8-4-3-7-10(11)12(14)9-5-1-2-6-9;1-2-4-5-3-1;/h1-8,13H;1-5H;/q2*-1;+2. The van der Waals surface area contributed by atoms with Crippen molar-refractivity contribution in [2.75, 3.05) is 0 Å². The molecule has 0 unspecified atom stereocenters. The summed E-state index contributed by atoms with van der Waals surface area (Å²) in [5.74, 6) is -0.119. The number of hydrogen-bond donors (Lipinski definition) is 1. The van der Waals surface area contributed by atoms with Gasteiger partial charge in [-0.3, -0.25) is 0 Å². The molecule has 0 bridgehead atoms. The molecule has 0 heterocycles. The van der Waals surface area contributed by atoms with E-state index in [0.29, 0.717) is 11.1 Å². The minimum Gasteiger partial charge on any atom is -0.507 e. The zero-order chi connectivity index (χ0) is 13.5. The number of ketones is 1. The molecule has 0 saturated heterocycles. The van der Waals surface area contributed by atoms with Crippen LogP contribution in [0.25, 0.3) is 0 Å². The fraction of sp³-hybridized carbons (Fsp3) is 0. The van der Waals surface area contributed by atoms with Gasteiger partial charge in [0.2, 0.25) is 0 Å². The van der Waals surface area contributed by atoms with E-state index in [1.807, 2.05) is 30.3 Å². The van der Waals surface area contributed by atoms with Crippen molar-refractivity contribution in [3.63, 3.8) is 0 Å². The molecule has 3 aromatic rings. The van der Waals surface area contributed by atoms with Gasteiger partial charge < -0.3 is 9.90 Å². The van der Waals surface area contributed by atoms with Gasteiger partial charge in [0.15, 0.2) is 0 Å². The van der Waals surface area contributed by atoms with Gasteiger partial charge in [0.25, 0.3) is 0 Å². The third kappa shape index (κ3) is 4.23. The third-order valence-electron chi connectivity index (χ3n) is 2.63. The van der Waals surface area contributed by atoms with Crippen molar-refractivity contribution in [3.05, 3.63) is 90.0 Å². The van der Waals surface area contributed by atoms with E-state index in [1.165, 1.54) is 6.07 Å². The van der Waals surface area contributed by atoms with E-state index in [0.717, 1.165) is 0 Å². The van der Waals surface area contributed by atoms with Gasteiger partial charge >= 0.3 is 17.1 Å². The Morgan fingerprint density at radius 3 is 2.10 bits per heavy atom. The summed E-state index contributed by atoms with van der Waals surface area (Å²) in [7, 11) is 0. The number of hydrogen-bond acceptors (Lipinski definition) is 2. The van der Waals surface area contributed by atoms with Gasteiger partial charge in [0.1, 0.15) is 11.5 Å². The Kier molecular flexibility index (Phi) is 6.51. The van der Waals surface area contributed by atoms with Crippen molar-refractivity contribution < 1.29 is 27.0 Å². The fourth-order valence-electron chi connectivity index (χ4n) is 1.67. The maximum absolute atomic E-state index is 11.8. The zero-order valence-corrected chi connectivity index (χ0v) is 11.8. The monoisotopic (exact) mass is 306 g/mol. The third-order valence-corrected chi connectivity index (χ3v) is 2.63. The summed E-state index contributed by atoms with van der Waals surface area (Å²) in [6.45, 7) is 0. The summed E-state index contributed by atoms with van der Waals surface area (Å²) >= 11 is 0. The second-order valence-corrected chi connectivity index (χ2v) is 3.98. The second-order valence-electron chi connectivity index (χ2n) is 3.98. The van der Waals surface area contributed by atoms with Crippen molar-refractivity contribution in [1.29, 1.82) is 0 Å². The molecule has 3 rings (SSSR count). The Morgan fingerprint density at radius 1 is 0.900 bits per heavy atom. The van der Waals surface area contributed by atoms with Crippen LogP contribution in [0.15, 0.2) is 78.9 Å². The van der Waals surface area contributed by atoms with Gasteiger partial charge in [-0.2, -0.15) is 36.4 Å². The van der Waals surface area contributed by atoms with Crippen LogP contribution in [0.2, 0.25) is 0 Å². The molecule has 20 heavy (non-hydrogen) atoms. The van der Waals surface area contributed by atoms with E-state index < -0.39 is 0 Å². The van der Waals surface area contributed by atoms with E-state index in [9.17, 15) is 9.90 Å². The van der Waals surface area contributed by atoms with Crippen LogP contribution < -0.4 is 0 Å². The Balaban J connectivity index is 0.000000283. The second kappa shape index (κ2) is 8.15. The smallest absolute Gasteiger partial charge is 0.507 e. The minimum absolute atomic E-state index is 0. The number of para-hydroxylation sites is 1. The SMILES string of the molecule is O=C(c1cc[cH-]c1)c1ccccc1O.[Fe+2].c1cc[cH-]c1. The Hall–Kier alpha value is -2.09. The van der Waals surface area contributed by atoms with E-state index in [-0.39, 0.29) is 28.6 Å². The molecule has 0 saturated carbocycles. The van der Waals surface area contributed by atoms with Crippen molar-refractivity contribution in [2.45, 2.75) is 0 Å². The van der Waals surface area contributed by atoms with Crippen molar-refractivity contribution in [3.8, 4) is 5.75 Å². The molecule has 3 aromatic carbocycles. The van der Waals surface area contributed by atoms with Gasteiger partial charge in [-0.05, 0) is 12.1 Å². The van der Waals surface area contributed by atoms with Crippen LogP contribution >= 0.6 is 0 Å². The predicted octanol–water partition coefficient (Wildman–Crippen LogP) is 3.75. The molecule has 0 aliphatic rings. The number of rotatable bonds is 2. The molecule has 0 aliphatic heterocycles. The van der Waals surface area contributed by atoms with Crippen LogP contribution in [0.5, 0.6) is 5.75 Å². The molecular formula is C17H14FeO2. The normalized spacial score (nSPS) is 9.00. The van der Waals surface area contributed by atoms with Gasteiger partial charge in [0, 0.05) is 0 Å². The van der Waals surface area contributed by atoms with Gasteiger partial charge in [-0.15, -0.1) is 5.56 Å².